The minimum absolute atomic E-state index is 0.0738. The lowest BCUT2D eigenvalue weighted by molar-refractivity contribution is -0.164. The maximum absolute atomic E-state index is 12.4. The molecule has 0 aromatic heterocycles. The molecule has 0 saturated carbocycles. The van der Waals surface area contributed by atoms with Crippen LogP contribution in [0.15, 0.2) is 65.7 Å². The molecule has 2 aromatic carbocycles. The molecule has 0 atom stereocenters. The predicted octanol–water partition coefficient (Wildman–Crippen LogP) is 1.75. The fourth-order valence-corrected chi connectivity index (χ4v) is 2.31. The summed E-state index contributed by atoms with van der Waals surface area (Å²) in [5.74, 6) is -2.53. The summed E-state index contributed by atoms with van der Waals surface area (Å²) in [6.07, 6.45) is 0.0964. The Kier molecular flexibility index (Phi) is 7.84. The molecule has 0 saturated heterocycles. The molecule has 0 fully saturated rings. The van der Waals surface area contributed by atoms with Gasteiger partial charge in [-0.3, -0.25) is 14.6 Å². The van der Waals surface area contributed by atoms with Crippen LogP contribution in [-0.4, -0.2) is 24.4 Å². The van der Waals surface area contributed by atoms with Gasteiger partial charge in [-0.05, 0) is 17.5 Å². The average molecular weight is 369 g/mol. The normalized spacial score (nSPS) is 10.3. The summed E-state index contributed by atoms with van der Waals surface area (Å²) < 4.78 is 10.5. The highest BCUT2D eigenvalue weighted by molar-refractivity contribution is 5.94. The van der Waals surface area contributed by atoms with Gasteiger partial charge in [-0.15, -0.1) is 0 Å². The van der Waals surface area contributed by atoms with Crippen molar-refractivity contribution in [1.82, 2.24) is 0 Å². The Morgan fingerprint density at radius 2 is 1.26 bits per heavy atom. The van der Waals surface area contributed by atoms with Crippen molar-refractivity contribution < 1.29 is 19.1 Å². The van der Waals surface area contributed by atoms with E-state index in [-0.39, 0.29) is 32.1 Å². The van der Waals surface area contributed by atoms with Gasteiger partial charge in [0.1, 0.15) is 13.2 Å². The number of esters is 2. The molecule has 0 aliphatic rings. The lowest BCUT2D eigenvalue weighted by Gasteiger charge is -2.15. The van der Waals surface area contributed by atoms with Gasteiger partial charge in [-0.2, -0.15) is 0 Å². The number of hydrogen-bond donors (Lipinski definition) is 2. The van der Waals surface area contributed by atoms with Crippen LogP contribution in [0.4, 0.5) is 0 Å². The Hall–Kier alpha value is -3.35. The van der Waals surface area contributed by atoms with Gasteiger partial charge in [0.15, 0.2) is 11.9 Å². The third-order valence-corrected chi connectivity index (χ3v) is 3.73. The van der Waals surface area contributed by atoms with Gasteiger partial charge in [0.2, 0.25) is 0 Å². The van der Waals surface area contributed by atoms with Crippen LogP contribution in [0, 0.1) is 5.92 Å². The Morgan fingerprint density at radius 3 is 1.67 bits per heavy atom. The Bertz CT molecular complexity index is 704. The number of carbonyl (C=O) groups is 2. The van der Waals surface area contributed by atoms with Gasteiger partial charge in [-0.1, -0.05) is 60.7 Å². The van der Waals surface area contributed by atoms with Crippen LogP contribution in [0.2, 0.25) is 0 Å². The molecule has 2 aromatic rings. The summed E-state index contributed by atoms with van der Waals surface area (Å²) in [5, 5.41) is 0. The van der Waals surface area contributed by atoms with E-state index >= 15 is 0 Å². The largest absolute Gasteiger partial charge is 0.460 e. The Labute approximate surface area is 158 Å². The van der Waals surface area contributed by atoms with E-state index in [1.807, 2.05) is 60.7 Å². The van der Waals surface area contributed by atoms with Crippen molar-refractivity contribution in [3.05, 3.63) is 71.8 Å². The van der Waals surface area contributed by atoms with Crippen LogP contribution < -0.4 is 11.5 Å². The summed E-state index contributed by atoms with van der Waals surface area (Å²) >= 11 is 0. The predicted molar refractivity (Wildman–Crippen MR) is 101 cm³/mol. The maximum atomic E-state index is 12.4. The van der Waals surface area contributed by atoms with E-state index < -0.39 is 17.9 Å². The van der Waals surface area contributed by atoms with Crippen LogP contribution in [0.1, 0.15) is 17.5 Å². The Balaban J connectivity index is 1.96. The van der Waals surface area contributed by atoms with Gasteiger partial charge in [0.05, 0.1) is 0 Å². The molecule has 142 valence electrons. The van der Waals surface area contributed by atoms with Gasteiger partial charge in [0, 0.05) is 6.54 Å². The summed E-state index contributed by atoms with van der Waals surface area (Å²) in [6.45, 7) is 0.267. The van der Waals surface area contributed by atoms with E-state index in [4.69, 9.17) is 20.9 Å². The van der Waals surface area contributed by atoms with Crippen molar-refractivity contribution in [2.45, 2.75) is 19.6 Å². The summed E-state index contributed by atoms with van der Waals surface area (Å²) in [6, 6.07) is 18.4. The number of carbonyl (C=O) groups excluding carboxylic acids is 2. The van der Waals surface area contributed by atoms with Gasteiger partial charge < -0.3 is 20.9 Å². The minimum atomic E-state index is -1.10. The van der Waals surface area contributed by atoms with Crippen molar-refractivity contribution in [3.8, 4) is 0 Å². The number of nitrogens with zero attached hydrogens (tertiary/aromatic N) is 1. The van der Waals surface area contributed by atoms with E-state index in [1.54, 1.807) is 0 Å². The second-order valence-electron chi connectivity index (χ2n) is 5.83. The van der Waals surface area contributed by atoms with Crippen LogP contribution in [0.5, 0.6) is 0 Å². The number of guanidine groups is 1. The fourth-order valence-electron chi connectivity index (χ4n) is 2.31. The first kappa shape index (κ1) is 20.0. The first-order chi connectivity index (χ1) is 13.1. The quantitative estimate of drug-likeness (QED) is 0.301. The SMILES string of the molecule is NC(N)=NCCC(C(=O)OCc1ccccc1)C(=O)OCc1ccccc1. The smallest absolute Gasteiger partial charge is 0.320 e. The minimum Gasteiger partial charge on any atom is -0.460 e. The second-order valence-corrected chi connectivity index (χ2v) is 5.83. The first-order valence-corrected chi connectivity index (χ1v) is 8.53. The van der Waals surface area contributed by atoms with Crippen molar-refractivity contribution in [2.24, 2.45) is 22.4 Å². The lowest BCUT2D eigenvalue weighted by Crippen LogP contribution is -2.29. The molecule has 7 heteroatoms. The molecule has 2 rings (SSSR count). The van der Waals surface area contributed by atoms with E-state index in [2.05, 4.69) is 4.99 Å². The van der Waals surface area contributed by atoms with Crippen molar-refractivity contribution in [2.75, 3.05) is 6.54 Å². The summed E-state index contributed by atoms with van der Waals surface area (Å²) in [5.41, 5.74) is 12.2. The molecule has 0 unspecified atom stereocenters. The third kappa shape index (κ3) is 7.19. The van der Waals surface area contributed by atoms with Crippen LogP contribution in [0.25, 0.3) is 0 Å². The Morgan fingerprint density at radius 1 is 0.815 bits per heavy atom. The first-order valence-electron chi connectivity index (χ1n) is 8.53. The molecule has 0 heterocycles. The number of ether oxygens (including phenoxy) is 2. The van der Waals surface area contributed by atoms with Crippen LogP contribution in [0.3, 0.4) is 0 Å². The van der Waals surface area contributed by atoms with Gasteiger partial charge in [0.25, 0.3) is 0 Å². The number of aliphatic imine (C=N–C) groups is 1. The second kappa shape index (κ2) is 10.6. The molecule has 4 N–H and O–H groups in total. The monoisotopic (exact) mass is 369 g/mol. The van der Waals surface area contributed by atoms with E-state index in [0.717, 1.165) is 11.1 Å². The van der Waals surface area contributed by atoms with E-state index in [0.29, 0.717) is 0 Å². The molecule has 0 bridgehead atoms. The van der Waals surface area contributed by atoms with Crippen molar-refractivity contribution >= 4 is 17.9 Å². The van der Waals surface area contributed by atoms with Crippen LogP contribution in [-0.2, 0) is 32.3 Å². The highest BCUT2D eigenvalue weighted by Crippen LogP contribution is 2.13. The average Bonchev–Trinajstić information content (AvgIpc) is 2.69. The van der Waals surface area contributed by atoms with E-state index in [1.165, 1.54) is 0 Å². The molecule has 0 radical (unpaired) electrons. The maximum Gasteiger partial charge on any atom is 0.320 e. The molecule has 7 nitrogen and oxygen atoms in total. The topological polar surface area (TPSA) is 117 Å². The molecular weight excluding hydrogens is 346 g/mol. The molecule has 0 spiro atoms. The van der Waals surface area contributed by atoms with Crippen molar-refractivity contribution in [3.63, 3.8) is 0 Å². The number of rotatable bonds is 9. The highest BCUT2D eigenvalue weighted by Gasteiger charge is 2.29. The van der Waals surface area contributed by atoms with Gasteiger partial charge >= 0.3 is 11.9 Å². The zero-order valence-corrected chi connectivity index (χ0v) is 14.9. The molecular formula is C20H23N3O4. The molecule has 0 aliphatic heterocycles. The van der Waals surface area contributed by atoms with Crippen LogP contribution >= 0.6 is 0 Å². The standard InChI is InChI=1S/C20H23N3O4/c21-20(22)23-12-11-17(18(24)26-13-15-7-3-1-4-8-15)19(25)27-14-16-9-5-2-6-10-16/h1-10,17H,11-14H2,(H4,21,22,23). The summed E-state index contributed by atoms with van der Waals surface area (Å²) in [7, 11) is 0. The molecule has 0 aliphatic carbocycles. The zero-order chi connectivity index (χ0) is 19.5. The van der Waals surface area contributed by atoms with Crippen molar-refractivity contribution in [1.29, 1.82) is 0 Å². The number of benzene rings is 2. The highest BCUT2D eigenvalue weighted by atomic mass is 16.6. The van der Waals surface area contributed by atoms with Gasteiger partial charge in [-0.25, -0.2) is 0 Å². The number of hydrogen-bond acceptors (Lipinski definition) is 5. The molecule has 0 amide bonds. The number of nitrogens with two attached hydrogens (primary N) is 2. The zero-order valence-electron chi connectivity index (χ0n) is 14.9. The summed E-state index contributed by atoms with van der Waals surface area (Å²) in [4.78, 5) is 28.6. The lowest BCUT2D eigenvalue weighted by atomic mass is 10.1. The third-order valence-electron chi connectivity index (χ3n) is 3.73. The molecule has 27 heavy (non-hydrogen) atoms. The fraction of sp³-hybridized carbons (Fsp3) is 0.250. The van der Waals surface area contributed by atoms with E-state index in [9.17, 15) is 9.59 Å².